The number of benzene rings is 3. The van der Waals surface area contributed by atoms with Crippen LogP contribution in [0.25, 0.3) is 6.08 Å². The summed E-state index contributed by atoms with van der Waals surface area (Å²) in [6.07, 6.45) is 2.97. The lowest BCUT2D eigenvalue weighted by atomic mass is 10.1. The number of hydrogen-bond donors (Lipinski definition) is 3. The number of nitrogens with one attached hydrogen (secondary N) is 2. The predicted molar refractivity (Wildman–Crippen MR) is 131 cm³/mol. The van der Waals surface area contributed by atoms with Gasteiger partial charge in [0.25, 0.3) is 11.8 Å². The number of aromatic hydroxyl groups is 1. The Labute approximate surface area is 203 Å². The smallest absolute Gasteiger partial charge is 0.287 e. The summed E-state index contributed by atoms with van der Waals surface area (Å²) in [6, 6.07) is 18.7. The number of nitrogens with zero attached hydrogens (tertiary/aromatic N) is 1. The summed E-state index contributed by atoms with van der Waals surface area (Å²) in [5.74, 6) is 0.281. The van der Waals surface area contributed by atoms with Crippen LogP contribution < -0.4 is 20.2 Å². The molecule has 3 aromatic rings. The maximum atomic E-state index is 12.9. The molecule has 0 aromatic heterocycles. The van der Waals surface area contributed by atoms with E-state index in [9.17, 15) is 14.7 Å². The summed E-state index contributed by atoms with van der Waals surface area (Å²) in [6.45, 7) is 0.130. The highest BCUT2D eigenvalue weighted by Crippen LogP contribution is 2.33. The van der Waals surface area contributed by atoms with Crippen molar-refractivity contribution in [1.29, 1.82) is 0 Å². The Kier molecular flexibility index (Phi) is 6.89. The van der Waals surface area contributed by atoms with Gasteiger partial charge < -0.3 is 19.9 Å². The monoisotopic (exact) mass is 555 g/mol. The minimum atomic E-state index is -0.610. The quantitative estimate of drug-likeness (QED) is 0.186. The summed E-state index contributed by atoms with van der Waals surface area (Å²) in [4.78, 5) is 25.5. The normalized spacial score (nSPS) is 12.6. The molecule has 9 heteroatoms. The van der Waals surface area contributed by atoms with Gasteiger partial charge in [0.1, 0.15) is 11.4 Å². The molecule has 0 spiro atoms. The van der Waals surface area contributed by atoms with E-state index in [1.165, 1.54) is 18.4 Å². The van der Waals surface area contributed by atoms with Gasteiger partial charge in [-0.15, -0.1) is 0 Å². The minimum Gasteiger partial charge on any atom is -0.507 e. The van der Waals surface area contributed by atoms with Crippen molar-refractivity contribution >= 4 is 46.7 Å². The number of hydrogen-bond acceptors (Lipinski definition) is 6. The van der Waals surface area contributed by atoms with E-state index in [2.05, 4.69) is 15.8 Å². The van der Waals surface area contributed by atoms with Crippen molar-refractivity contribution in [2.75, 3.05) is 6.79 Å². The number of ether oxygens (including phenoxy) is 2. The van der Waals surface area contributed by atoms with Gasteiger partial charge in [-0.1, -0.05) is 24.3 Å². The van der Waals surface area contributed by atoms with E-state index in [0.717, 1.165) is 0 Å². The third kappa shape index (κ3) is 5.69. The van der Waals surface area contributed by atoms with Crippen molar-refractivity contribution in [3.8, 4) is 17.2 Å². The molecule has 0 aliphatic carbocycles. The number of amides is 2. The van der Waals surface area contributed by atoms with Gasteiger partial charge in [-0.2, -0.15) is 5.10 Å². The van der Waals surface area contributed by atoms with Crippen LogP contribution in [0.2, 0.25) is 0 Å². The molecular formula is C24H18IN3O5. The topological polar surface area (TPSA) is 109 Å². The lowest BCUT2D eigenvalue weighted by molar-refractivity contribution is -0.117. The van der Waals surface area contributed by atoms with Crippen molar-refractivity contribution in [2.45, 2.75) is 0 Å². The maximum absolute atomic E-state index is 12.9. The molecule has 0 bridgehead atoms. The first-order valence-corrected chi connectivity index (χ1v) is 10.9. The van der Waals surface area contributed by atoms with E-state index < -0.39 is 11.8 Å². The van der Waals surface area contributed by atoms with Crippen LogP contribution in [0.4, 0.5) is 0 Å². The molecule has 0 radical (unpaired) electrons. The number of carbonyl (C=O) groups excluding carboxylic acids is 2. The molecule has 0 saturated carbocycles. The zero-order chi connectivity index (χ0) is 23.2. The standard InChI is InChI=1S/C24H18IN3O5/c25-18-10-16(6-8-20(18)29)13-26-28-24(31)19(27-23(30)17-4-2-1-3-5-17)11-15-7-9-21-22(12-15)33-14-32-21/h1-13,29H,14H2,(H,27,30)(H,28,31)/b19-11+,26-13+. The molecule has 0 fully saturated rings. The van der Waals surface area contributed by atoms with E-state index in [0.29, 0.717) is 31.8 Å². The van der Waals surface area contributed by atoms with E-state index in [4.69, 9.17) is 9.47 Å². The van der Waals surface area contributed by atoms with Gasteiger partial charge in [0, 0.05) is 5.56 Å². The number of hydrazone groups is 1. The Balaban J connectivity index is 1.55. The average molecular weight is 555 g/mol. The summed E-state index contributed by atoms with van der Waals surface area (Å²) in [5.41, 5.74) is 4.15. The molecule has 3 aromatic carbocycles. The van der Waals surface area contributed by atoms with Gasteiger partial charge >= 0.3 is 0 Å². The van der Waals surface area contributed by atoms with E-state index in [1.807, 2.05) is 22.6 Å². The molecule has 2 amide bonds. The molecule has 3 N–H and O–H groups in total. The van der Waals surface area contributed by atoms with Crippen LogP contribution in [-0.2, 0) is 4.79 Å². The number of phenolic OH excluding ortho intramolecular Hbond substituents is 1. The van der Waals surface area contributed by atoms with Crippen LogP contribution in [0.5, 0.6) is 17.2 Å². The largest absolute Gasteiger partial charge is 0.507 e. The first-order chi connectivity index (χ1) is 16.0. The third-order valence-corrected chi connectivity index (χ3v) is 5.45. The molecule has 166 valence electrons. The highest BCUT2D eigenvalue weighted by atomic mass is 127. The van der Waals surface area contributed by atoms with E-state index in [1.54, 1.807) is 60.7 Å². The van der Waals surface area contributed by atoms with Crippen molar-refractivity contribution in [1.82, 2.24) is 10.7 Å². The summed E-state index contributed by atoms with van der Waals surface area (Å²) >= 11 is 1.99. The lowest BCUT2D eigenvalue weighted by Gasteiger charge is -2.09. The van der Waals surface area contributed by atoms with Gasteiger partial charge in [-0.25, -0.2) is 5.43 Å². The number of fused-ring (bicyclic) bond motifs is 1. The van der Waals surface area contributed by atoms with Crippen LogP contribution in [0.15, 0.2) is 77.5 Å². The molecule has 8 nitrogen and oxygen atoms in total. The predicted octanol–water partition coefficient (Wildman–Crippen LogP) is 3.65. The number of carbonyl (C=O) groups is 2. The van der Waals surface area contributed by atoms with E-state index in [-0.39, 0.29) is 18.2 Å². The molecule has 4 rings (SSSR count). The van der Waals surface area contributed by atoms with E-state index >= 15 is 0 Å². The zero-order valence-corrected chi connectivity index (χ0v) is 19.3. The SMILES string of the molecule is O=C(N/N=C/c1ccc(O)c(I)c1)/C(=C\c1ccc2c(c1)OCO2)NC(=O)c1ccccc1. The van der Waals surface area contributed by atoms with Gasteiger partial charge in [0.05, 0.1) is 9.78 Å². The Morgan fingerprint density at radius 1 is 0.970 bits per heavy atom. The number of halogens is 1. The maximum Gasteiger partial charge on any atom is 0.287 e. The first kappa shape index (κ1) is 22.3. The van der Waals surface area contributed by atoms with Crippen molar-refractivity contribution in [2.24, 2.45) is 5.10 Å². The van der Waals surface area contributed by atoms with Crippen molar-refractivity contribution in [3.63, 3.8) is 0 Å². The van der Waals surface area contributed by atoms with Crippen LogP contribution in [-0.4, -0.2) is 29.9 Å². The minimum absolute atomic E-state index is 0.000144. The fourth-order valence-corrected chi connectivity index (χ4v) is 3.48. The summed E-state index contributed by atoms with van der Waals surface area (Å²) in [7, 11) is 0. The Morgan fingerprint density at radius 2 is 1.73 bits per heavy atom. The lowest BCUT2D eigenvalue weighted by Crippen LogP contribution is -2.32. The Hall–Kier alpha value is -3.86. The second-order valence-electron chi connectivity index (χ2n) is 6.90. The molecule has 1 aliphatic heterocycles. The molecule has 33 heavy (non-hydrogen) atoms. The third-order valence-electron chi connectivity index (χ3n) is 4.59. The second-order valence-corrected chi connectivity index (χ2v) is 8.06. The van der Waals surface area contributed by atoms with Gasteiger partial charge in [-0.05, 0) is 82.3 Å². The Morgan fingerprint density at radius 3 is 2.52 bits per heavy atom. The average Bonchev–Trinajstić information content (AvgIpc) is 3.29. The van der Waals surface area contributed by atoms with Crippen molar-refractivity contribution < 1.29 is 24.2 Å². The number of rotatable bonds is 6. The fourth-order valence-electron chi connectivity index (χ4n) is 2.94. The highest BCUT2D eigenvalue weighted by Gasteiger charge is 2.16. The van der Waals surface area contributed by atoms with Gasteiger partial charge in [0.2, 0.25) is 6.79 Å². The molecular weight excluding hydrogens is 537 g/mol. The second kappa shape index (κ2) is 10.2. The molecule has 1 heterocycles. The van der Waals surface area contributed by atoms with Crippen LogP contribution >= 0.6 is 22.6 Å². The summed E-state index contributed by atoms with van der Waals surface area (Å²) in [5, 5.41) is 16.2. The van der Waals surface area contributed by atoms with Crippen LogP contribution in [0.1, 0.15) is 21.5 Å². The van der Waals surface area contributed by atoms with Crippen molar-refractivity contribution in [3.05, 3.63) is 92.7 Å². The first-order valence-electron chi connectivity index (χ1n) is 9.79. The van der Waals surface area contributed by atoms with Gasteiger partial charge in [0.15, 0.2) is 11.5 Å². The summed E-state index contributed by atoms with van der Waals surface area (Å²) < 4.78 is 11.3. The molecule has 0 unspecified atom stereocenters. The Bertz CT molecular complexity index is 1260. The highest BCUT2D eigenvalue weighted by molar-refractivity contribution is 14.1. The van der Waals surface area contributed by atoms with Crippen LogP contribution in [0.3, 0.4) is 0 Å². The van der Waals surface area contributed by atoms with Gasteiger partial charge in [-0.3, -0.25) is 9.59 Å². The number of phenols is 1. The zero-order valence-electron chi connectivity index (χ0n) is 17.1. The molecule has 0 atom stereocenters. The fraction of sp³-hybridized carbons (Fsp3) is 0.0417. The van der Waals surface area contributed by atoms with Crippen LogP contribution in [0, 0.1) is 3.57 Å². The molecule has 0 saturated heterocycles. The molecule has 1 aliphatic rings.